The molecule has 5 rings (SSSR count). The van der Waals surface area contributed by atoms with Gasteiger partial charge in [0.25, 0.3) is 17.7 Å². The molecule has 4 aromatic rings. The molecule has 39 heavy (non-hydrogen) atoms. The maximum absolute atomic E-state index is 13.5. The molecular weight excluding hydrogens is 502 g/mol. The number of anilines is 1. The fourth-order valence-corrected chi connectivity index (χ4v) is 4.36. The van der Waals surface area contributed by atoms with E-state index in [2.05, 4.69) is 25.9 Å². The van der Waals surface area contributed by atoms with Crippen molar-refractivity contribution in [3.05, 3.63) is 77.7 Å². The van der Waals surface area contributed by atoms with Crippen LogP contribution in [0.5, 0.6) is 5.88 Å². The molecule has 0 aliphatic heterocycles. The molecule has 0 saturated heterocycles. The average Bonchev–Trinajstić information content (AvgIpc) is 3.44. The van der Waals surface area contributed by atoms with Crippen LogP contribution in [0.25, 0.3) is 10.8 Å². The van der Waals surface area contributed by atoms with Crippen molar-refractivity contribution in [3.8, 4) is 5.88 Å². The van der Waals surface area contributed by atoms with E-state index in [4.69, 9.17) is 9.94 Å². The van der Waals surface area contributed by atoms with Gasteiger partial charge in [0, 0.05) is 24.4 Å². The van der Waals surface area contributed by atoms with Crippen LogP contribution in [-0.4, -0.2) is 56.1 Å². The van der Waals surface area contributed by atoms with Crippen LogP contribution >= 0.6 is 0 Å². The van der Waals surface area contributed by atoms with E-state index in [0.29, 0.717) is 24.6 Å². The summed E-state index contributed by atoms with van der Waals surface area (Å²) in [5, 5.41) is 23.9. The van der Waals surface area contributed by atoms with E-state index in [1.807, 2.05) is 30.3 Å². The Hall–Kier alpha value is -4.84. The standard InChI is InChI=1S/C27H27N7O5/c35-23(32-38)16-39-24-11-10-22(25(31-24)27(37)28-14-17-4-3-5-17)30-26(36)21-9-8-18(15-34-13-12-29-33-34)19-6-1-2-7-20(19)21/h1-2,6-13,17,38H,3-5,14-16H2,(H,28,37)(H,30,36)(H,32,35). The monoisotopic (exact) mass is 529 g/mol. The number of nitrogens with one attached hydrogen (secondary N) is 3. The minimum Gasteiger partial charge on any atom is -0.467 e. The summed E-state index contributed by atoms with van der Waals surface area (Å²) in [7, 11) is 0. The zero-order valence-corrected chi connectivity index (χ0v) is 21.0. The molecule has 1 saturated carbocycles. The van der Waals surface area contributed by atoms with Crippen LogP contribution < -0.4 is 20.9 Å². The molecule has 0 bridgehead atoms. The number of fused-ring (bicyclic) bond motifs is 1. The zero-order chi connectivity index (χ0) is 27.2. The smallest absolute Gasteiger partial charge is 0.281 e. The first-order chi connectivity index (χ1) is 19.0. The Balaban J connectivity index is 1.41. The highest BCUT2D eigenvalue weighted by molar-refractivity contribution is 6.15. The van der Waals surface area contributed by atoms with E-state index in [0.717, 1.165) is 35.6 Å². The fourth-order valence-electron chi connectivity index (χ4n) is 4.36. The molecule has 2 aromatic heterocycles. The van der Waals surface area contributed by atoms with E-state index < -0.39 is 24.3 Å². The summed E-state index contributed by atoms with van der Waals surface area (Å²) >= 11 is 0. The number of hydrogen-bond acceptors (Lipinski definition) is 8. The van der Waals surface area contributed by atoms with E-state index in [1.165, 1.54) is 17.6 Å². The molecule has 2 aromatic carbocycles. The quantitative estimate of drug-likeness (QED) is 0.180. The molecule has 1 aliphatic carbocycles. The van der Waals surface area contributed by atoms with E-state index in [1.54, 1.807) is 23.1 Å². The van der Waals surface area contributed by atoms with Gasteiger partial charge in [0.15, 0.2) is 12.3 Å². The second-order valence-corrected chi connectivity index (χ2v) is 9.25. The molecule has 0 spiro atoms. The number of hydrogen-bond donors (Lipinski definition) is 4. The Kier molecular flexibility index (Phi) is 7.73. The number of ether oxygens (including phenoxy) is 1. The Labute approximate surface area is 223 Å². The van der Waals surface area contributed by atoms with Crippen molar-refractivity contribution in [3.63, 3.8) is 0 Å². The number of hydroxylamine groups is 1. The minimum atomic E-state index is -0.774. The SMILES string of the molecule is O=C(COc1ccc(NC(=O)c2ccc(Cn3ccnn3)c3ccccc23)c(C(=O)NCC2CCC2)n1)NO. The highest BCUT2D eigenvalue weighted by Crippen LogP contribution is 2.27. The first kappa shape index (κ1) is 25.8. The van der Waals surface area contributed by atoms with Crippen molar-refractivity contribution in [2.45, 2.75) is 25.8 Å². The number of amides is 3. The van der Waals surface area contributed by atoms with Crippen LogP contribution in [0.2, 0.25) is 0 Å². The third-order valence-corrected chi connectivity index (χ3v) is 6.65. The van der Waals surface area contributed by atoms with Crippen LogP contribution in [0.15, 0.2) is 60.9 Å². The van der Waals surface area contributed by atoms with Gasteiger partial charge in [-0.1, -0.05) is 42.0 Å². The Morgan fingerprint density at radius 2 is 1.85 bits per heavy atom. The van der Waals surface area contributed by atoms with Crippen LogP contribution in [-0.2, 0) is 11.3 Å². The van der Waals surface area contributed by atoms with Gasteiger partial charge in [-0.05, 0) is 47.2 Å². The molecule has 4 N–H and O–H groups in total. The van der Waals surface area contributed by atoms with Gasteiger partial charge in [-0.25, -0.2) is 15.1 Å². The van der Waals surface area contributed by atoms with E-state index in [-0.39, 0.29) is 17.3 Å². The van der Waals surface area contributed by atoms with Crippen molar-refractivity contribution in [2.75, 3.05) is 18.5 Å². The highest BCUT2D eigenvalue weighted by atomic mass is 16.5. The van der Waals surface area contributed by atoms with Crippen LogP contribution in [0.4, 0.5) is 5.69 Å². The summed E-state index contributed by atoms with van der Waals surface area (Å²) < 4.78 is 6.98. The summed E-state index contributed by atoms with van der Waals surface area (Å²) in [5.74, 6) is -1.25. The Bertz CT molecular complexity index is 1500. The maximum Gasteiger partial charge on any atom is 0.281 e. The summed E-state index contributed by atoms with van der Waals surface area (Å²) in [6.45, 7) is 0.502. The molecular formula is C27H27N7O5. The van der Waals surface area contributed by atoms with Crippen LogP contribution in [0, 0.1) is 5.92 Å². The summed E-state index contributed by atoms with van der Waals surface area (Å²) in [6, 6.07) is 14.1. The second-order valence-electron chi connectivity index (χ2n) is 9.25. The zero-order valence-electron chi connectivity index (χ0n) is 21.0. The molecule has 1 fully saturated rings. The lowest BCUT2D eigenvalue weighted by atomic mass is 9.85. The van der Waals surface area contributed by atoms with E-state index >= 15 is 0 Å². The maximum atomic E-state index is 13.5. The molecule has 3 amide bonds. The topological polar surface area (TPSA) is 160 Å². The minimum absolute atomic E-state index is 0.00620. The molecule has 12 nitrogen and oxygen atoms in total. The Morgan fingerprint density at radius 1 is 1.03 bits per heavy atom. The molecule has 1 aliphatic rings. The average molecular weight is 530 g/mol. The number of benzene rings is 2. The lowest BCUT2D eigenvalue weighted by Crippen LogP contribution is -2.33. The predicted octanol–water partition coefficient (Wildman–Crippen LogP) is 2.54. The Morgan fingerprint density at radius 3 is 2.56 bits per heavy atom. The summed E-state index contributed by atoms with van der Waals surface area (Å²) in [6.07, 6.45) is 6.62. The van der Waals surface area contributed by atoms with Crippen LogP contribution in [0.1, 0.15) is 45.7 Å². The third kappa shape index (κ3) is 6.02. The molecule has 0 unspecified atom stereocenters. The van der Waals surface area contributed by atoms with Crippen LogP contribution in [0.3, 0.4) is 0 Å². The van der Waals surface area contributed by atoms with Crippen molar-refractivity contribution < 1.29 is 24.3 Å². The fraction of sp³-hybridized carbons (Fsp3) is 0.259. The van der Waals surface area contributed by atoms with Crippen molar-refractivity contribution in [2.24, 2.45) is 5.92 Å². The molecule has 0 radical (unpaired) electrons. The van der Waals surface area contributed by atoms with Gasteiger partial charge in [-0.2, -0.15) is 0 Å². The molecule has 0 atom stereocenters. The number of pyridine rings is 1. The largest absolute Gasteiger partial charge is 0.467 e. The highest BCUT2D eigenvalue weighted by Gasteiger charge is 2.22. The number of carbonyl (C=O) groups is 3. The predicted molar refractivity (Wildman–Crippen MR) is 140 cm³/mol. The number of rotatable bonds is 10. The number of aromatic nitrogens is 4. The first-order valence-corrected chi connectivity index (χ1v) is 12.5. The van der Waals surface area contributed by atoms with E-state index in [9.17, 15) is 14.4 Å². The van der Waals surface area contributed by atoms with Gasteiger partial charge in [-0.3, -0.25) is 19.6 Å². The van der Waals surface area contributed by atoms with Gasteiger partial charge in [0.1, 0.15) is 0 Å². The van der Waals surface area contributed by atoms with Crippen molar-refractivity contribution in [1.29, 1.82) is 0 Å². The second kappa shape index (κ2) is 11.7. The molecule has 2 heterocycles. The molecule has 200 valence electrons. The lowest BCUT2D eigenvalue weighted by Gasteiger charge is -2.25. The van der Waals surface area contributed by atoms with Gasteiger partial charge < -0.3 is 15.4 Å². The number of carbonyl (C=O) groups excluding carboxylic acids is 3. The number of nitrogens with zero attached hydrogens (tertiary/aromatic N) is 4. The normalized spacial score (nSPS) is 12.9. The summed E-state index contributed by atoms with van der Waals surface area (Å²) in [4.78, 5) is 42.1. The van der Waals surface area contributed by atoms with Gasteiger partial charge in [0.2, 0.25) is 5.88 Å². The van der Waals surface area contributed by atoms with Crippen molar-refractivity contribution in [1.82, 2.24) is 30.8 Å². The van der Waals surface area contributed by atoms with Gasteiger partial charge in [-0.15, -0.1) is 5.10 Å². The first-order valence-electron chi connectivity index (χ1n) is 12.5. The van der Waals surface area contributed by atoms with Crippen molar-refractivity contribution >= 4 is 34.2 Å². The molecule has 12 heteroatoms. The summed E-state index contributed by atoms with van der Waals surface area (Å²) in [5.41, 5.74) is 3.01. The van der Waals surface area contributed by atoms with Gasteiger partial charge >= 0.3 is 0 Å². The lowest BCUT2D eigenvalue weighted by molar-refractivity contribution is -0.131. The van der Waals surface area contributed by atoms with Gasteiger partial charge in [0.05, 0.1) is 18.4 Å². The third-order valence-electron chi connectivity index (χ3n) is 6.65.